The Balaban J connectivity index is 1.88. The van der Waals surface area contributed by atoms with Crippen LogP contribution in [0.15, 0.2) is 18.2 Å². The third-order valence-electron chi connectivity index (χ3n) is 3.65. The first-order chi connectivity index (χ1) is 10.7. The van der Waals surface area contributed by atoms with Crippen LogP contribution in [0.3, 0.4) is 0 Å². The molecule has 0 atom stereocenters. The van der Waals surface area contributed by atoms with E-state index in [2.05, 4.69) is 4.98 Å². The maximum atomic E-state index is 12.2. The second-order valence-electron chi connectivity index (χ2n) is 6.59. The highest BCUT2D eigenvalue weighted by atomic mass is 16.6. The molecule has 0 spiro atoms. The van der Waals surface area contributed by atoms with Crippen molar-refractivity contribution < 1.29 is 19.4 Å². The molecule has 0 radical (unpaired) electrons. The van der Waals surface area contributed by atoms with E-state index in [0.717, 1.165) is 11.3 Å². The number of aromatic carboxylic acids is 1. The van der Waals surface area contributed by atoms with Crippen LogP contribution in [0.2, 0.25) is 0 Å². The van der Waals surface area contributed by atoms with E-state index in [1.165, 1.54) is 0 Å². The van der Waals surface area contributed by atoms with Gasteiger partial charge in [0.2, 0.25) is 0 Å². The van der Waals surface area contributed by atoms with Crippen LogP contribution in [-0.4, -0.2) is 43.8 Å². The zero-order chi connectivity index (χ0) is 16.8. The number of carboxylic acid groups (broad SMARTS) is 1. The Morgan fingerprint density at radius 3 is 2.65 bits per heavy atom. The molecule has 1 aromatic carbocycles. The van der Waals surface area contributed by atoms with Crippen molar-refractivity contribution in [2.24, 2.45) is 0 Å². The van der Waals surface area contributed by atoms with Crippen LogP contribution < -0.4 is 0 Å². The fourth-order valence-electron chi connectivity index (χ4n) is 2.64. The van der Waals surface area contributed by atoms with Gasteiger partial charge in [0, 0.05) is 13.1 Å². The second-order valence-corrected chi connectivity index (χ2v) is 6.59. The number of carboxylic acids is 1. The number of amides is 1. The molecule has 1 aliphatic heterocycles. The van der Waals surface area contributed by atoms with Crippen molar-refractivity contribution in [3.8, 4) is 0 Å². The SMILES string of the molecule is CC(C)(C)OC(=O)N1CCn2c(nc3cc(C(=O)O)ccc32)C1. The summed E-state index contributed by atoms with van der Waals surface area (Å²) in [4.78, 5) is 29.3. The highest BCUT2D eigenvalue weighted by Crippen LogP contribution is 2.23. The van der Waals surface area contributed by atoms with Gasteiger partial charge >= 0.3 is 12.1 Å². The fourth-order valence-corrected chi connectivity index (χ4v) is 2.64. The maximum Gasteiger partial charge on any atom is 0.410 e. The molecule has 1 N–H and O–H groups in total. The standard InChI is InChI=1S/C16H19N3O4/c1-16(2,3)23-15(22)18-6-7-19-12-5-4-10(14(20)21)8-11(12)17-13(19)9-18/h4-5,8H,6-7,9H2,1-3H3,(H,20,21). The molecular formula is C16H19N3O4. The van der Waals surface area contributed by atoms with Crippen molar-refractivity contribution in [3.63, 3.8) is 0 Å². The molecule has 0 saturated carbocycles. The van der Waals surface area contributed by atoms with Crippen LogP contribution in [0.25, 0.3) is 11.0 Å². The van der Waals surface area contributed by atoms with Gasteiger partial charge in [0.25, 0.3) is 0 Å². The first kappa shape index (κ1) is 15.3. The Morgan fingerprint density at radius 1 is 1.26 bits per heavy atom. The number of imidazole rings is 1. The first-order valence-corrected chi connectivity index (χ1v) is 7.45. The number of nitrogens with zero attached hydrogens (tertiary/aromatic N) is 3. The summed E-state index contributed by atoms with van der Waals surface area (Å²) in [6.45, 7) is 6.99. The lowest BCUT2D eigenvalue weighted by molar-refractivity contribution is 0.0196. The molecule has 23 heavy (non-hydrogen) atoms. The normalized spacial score (nSPS) is 14.7. The van der Waals surface area contributed by atoms with Gasteiger partial charge in [-0.2, -0.15) is 0 Å². The maximum absolute atomic E-state index is 12.2. The Hall–Kier alpha value is -2.57. The van der Waals surface area contributed by atoms with Gasteiger partial charge < -0.3 is 14.4 Å². The summed E-state index contributed by atoms with van der Waals surface area (Å²) in [5.74, 6) is -0.243. The number of rotatable bonds is 1. The molecule has 1 amide bonds. The smallest absolute Gasteiger partial charge is 0.410 e. The first-order valence-electron chi connectivity index (χ1n) is 7.45. The average molecular weight is 317 g/mol. The summed E-state index contributed by atoms with van der Waals surface area (Å²) in [6, 6.07) is 4.89. The lowest BCUT2D eigenvalue weighted by Crippen LogP contribution is -2.41. The van der Waals surface area contributed by atoms with Crippen molar-refractivity contribution in [3.05, 3.63) is 29.6 Å². The van der Waals surface area contributed by atoms with Gasteiger partial charge in [-0.3, -0.25) is 4.90 Å². The summed E-state index contributed by atoms with van der Waals surface area (Å²) in [5, 5.41) is 9.07. The quantitative estimate of drug-likeness (QED) is 0.873. The van der Waals surface area contributed by atoms with Crippen LogP contribution >= 0.6 is 0 Å². The van der Waals surface area contributed by atoms with E-state index in [4.69, 9.17) is 9.84 Å². The third-order valence-corrected chi connectivity index (χ3v) is 3.65. The van der Waals surface area contributed by atoms with Gasteiger partial charge in [-0.15, -0.1) is 0 Å². The van der Waals surface area contributed by atoms with Crippen molar-refractivity contribution in [2.45, 2.75) is 39.5 Å². The molecule has 3 rings (SSSR count). The number of hydrogen-bond donors (Lipinski definition) is 1. The lowest BCUT2D eigenvalue weighted by Gasteiger charge is -2.30. The van der Waals surface area contributed by atoms with Gasteiger partial charge in [0.15, 0.2) is 0 Å². The summed E-state index contributed by atoms with van der Waals surface area (Å²) in [7, 11) is 0. The molecule has 0 fully saturated rings. The van der Waals surface area contributed by atoms with Gasteiger partial charge in [-0.25, -0.2) is 14.6 Å². The highest BCUT2D eigenvalue weighted by molar-refractivity contribution is 5.92. The molecule has 7 heteroatoms. The summed E-state index contributed by atoms with van der Waals surface area (Å²) in [5.41, 5.74) is 1.18. The van der Waals surface area contributed by atoms with Crippen LogP contribution in [0.1, 0.15) is 37.0 Å². The number of hydrogen-bond acceptors (Lipinski definition) is 4. The average Bonchev–Trinajstić information content (AvgIpc) is 2.81. The predicted molar refractivity (Wildman–Crippen MR) is 83.3 cm³/mol. The lowest BCUT2D eigenvalue weighted by atomic mass is 10.2. The zero-order valence-corrected chi connectivity index (χ0v) is 13.4. The monoisotopic (exact) mass is 317 g/mol. The second kappa shape index (κ2) is 5.26. The number of carbonyl (C=O) groups is 2. The van der Waals surface area contributed by atoms with Gasteiger partial charge in [0.1, 0.15) is 11.4 Å². The van der Waals surface area contributed by atoms with E-state index in [9.17, 15) is 9.59 Å². The molecule has 0 aliphatic carbocycles. The number of carbonyl (C=O) groups excluding carboxylic acids is 1. The molecule has 2 heterocycles. The largest absolute Gasteiger partial charge is 0.478 e. The number of ether oxygens (including phenoxy) is 1. The number of benzene rings is 1. The molecule has 7 nitrogen and oxygen atoms in total. The molecule has 2 aromatic rings. The van der Waals surface area contributed by atoms with Crippen LogP contribution in [0.5, 0.6) is 0 Å². The number of aromatic nitrogens is 2. The Bertz CT molecular complexity index is 788. The van der Waals surface area contributed by atoms with E-state index in [1.807, 2.05) is 25.3 Å². The van der Waals surface area contributed by atoms with Crippen LogP contribution in [-0.2, 0) is 17.8 Å². The van der Waals surface area contributed by atoms with Gasteiger partial charge in [0.05, 0.1) is 23.1 Å². The topological polar surface area (TPSA) is 84.7 Å². The van der Waals surface area contributed by atoms with E-state index < -0.39 is 11.6 Å². The Kier molecular flexibility index (Phi) is 3.50. The van der Waals surface area contributed by atoms with E-state index >= 15 is 0 Å². The molecule has 0 unspecified atom stereocenters. The third kappa shape index (κ3) is 2.99. The minimum absolute atomic E-state index is 0.206. The zero-order valence-electron chi connectivity index (χ0n) is 13.4. The highest BCUT2D eigenvalue weighted by Gasteiger charge is 2.27. The van der Waals surface area contributed by atoms with Crippen LogP contribution in [0, 0.1) is 0 Å². The Morgan fingerprint density at radius 2 is 2.00 bits per heavy atom. The van der Waals surface area contributed by atoms with Crippen molar-refractivity contribution >= 4 is 23.1 Å². The fraction of sp³-hybridized carbons (Fsp3) is 0.438. The van der Waals surface area contributed by atoms with E-state index in [0.29, 0.717) is 25.2 Å². The summed E-state index contributed by atoms with van der Waals surface area (Å²) < 4.78 is 7.40. The minimum atomic E-state index is -0.978. The van der Waals surface area contributed by atoms with E-state index in [-0.39, 0.29) is 11.7 Å². The Labute approximate surface area is 133 Å². The minimum Gasteiger partial charge on any atom is -0.478 e. The van der Waals surface area contributed by atoms with Crippen molar-refractivity contribution in [2.75, 3.05) is 6.54 Å². The predicted octanol–water partition coefficient (Wildman–Crippen LogP) is 2.49. The van der Waals surface area contributed by atoms with Crippen molar-refractivity contribution in [1.82, 2.24) is 14.5 Å². The van der Waals surface area contributed by atoms with Gasteiger partial charge in [-0.1, -0.05) is 0 Å². The molecule has 0 saturated heterocycles. The van der Waals surface area contributed by atoms with Crippen LogP contribution in [0.4, 0.5) is 4.79 Å². The van der Waals surface area contributed by atoms with Crippen molar-refractivity contribution in [1.29, 1.82) is 0 Å². The molecule has 1 aliphatic rings. The van der Waals surface area contributed by atoms with E-state index in [1.54, 1.807) is 23.1 Å². The molecular weight excluding hydrogens is 298 g/mol. The molecule has 1 aromatic heterocycles. The van der Waals surface area contributed by atoms with Gasteiger partial charge in [-0.05, 0) is 39.0 Å². The molecule has 0 bridgehead atoms. The summed E-state index contributed by atoms with van der Waals surface area (Å²) >= 11 is 0. The number of fused-ring (bicyclic) bond motifs is 3. The molecule has 122 valence electrons. The summed E-state index contributed by atoms with van der Waals surface area (Å²) in [6.07, 6.45) is -0.359.